The maximum absolute atomic E-state index is 5.90. The average Bonchev–Trinajstić information content (AvgIpc) is 3.31. The molecule has 132 valence electrons. The van der Waals surface area contributed by atoms with Gasteiger partial charge in [-0.2, -0.15) is 4.98 Å². The second-order valence-electron chi connectivity index (χ2n) is 5.67. The summed E-state index contributed by atoms with van der Waals surface area (Å²) in [6.45, 7) is 0.526. The van der Waals surface area contributed by atoms with Crippen molar-refractivity contribution in [2.24, 2.45) is 0 Å². The van der Waals surface area contributed by atoms with Gasteiger partial charge in [-0.3, -0.25) is 0 Å². The lowest BCUT2D eigenvalue weighted by molar-refractivity contribution is 0.393. The van der Waals surface area contributed by atoms with E-state index in [-0.39, 0.29) is 5.95 Å². The number of furan rings is 1. The Bertz CT molecular complexity index is 1030. The molecular formula is C18H17N5O3. The number of hydrogen-bond acceptors (Lipinski definition) is 7. The summed E-state index contributed by atoms with van der Waals surface area (Å²) in [6.07, 6.45) is 3.29. The zero-order chi connectivity index (χ0) is 18.1. The number of nitrogens with zero attached hydrogens (tertiary/aromatic N) is 4. The van der Waals surface area contributed by atoms with Gasteiger partial charge in [0.25, 0.3) is 0 Å². The molecule has 0 aliphatic heterocycles. The molecule has 3 aromatic heterocycles. The van der Waals surface area contributed by atoms with E-state index in [0.717, 1.165) is 5.56 Å². The molecule has 0 radical (unpaired) electrons. The predicted octanol–water partition coefficient (Wildman–Crippen LogP) is 2.73. The Morgan fingerprint density at radius 1 is 1.12 bits per heavy atom. The second-order valence-corrected chi connectivity index (χ2v) is 5.67. The van der Waals surface area contributed by atoms with Crippen LogP contribution in [0.15, 0.2) is 47.3 Å². The highest BCUT2D eigenvalue weighted by atomic mass is 16.5. The number of aromatic nitrogens is 4. The average molecular weight is 351 g/mol. The van der Waals surface area contributed by atoms with E-state index >= 15 is 0 Å². The first-order chi connectivity index (χ1) is 12.7. The van der Waals surface area contributed by atoms with Crippen molar-refractivity contribution < 1.29 is 13.9 Å². The third-order valence-corrected chi connectivity index (χ3v) is 4.00. The van der Waals surface area contributed by atoms with E-state index < -0.39 is 0 Å². The summed E-state index contributed by atoms with van der Waals surface area (Å²) in [5, 5.41) is 0. The Labute approximate surface area is 149 Å². The lowest BCUT2D eigenvalue weighted by Gasteiger charge is -2.09. The van der Waals surface area contributed by atoms with Gasteiger partial charge >= 0.3 is 0 Å². The molecule has 1 aromatic carbocycles. The summed E-state index contributed by atoms with van der Waals surface area (Å²) in [6, 6.07) is 9.30. The van der Waals surface area contributed by atoms with Gasteiger partial charge in [-0.05, 0) is 29.8 Å². The van der Waals surface area contributed by atoms with Crippen LogP contribution in [0.5, 0.6) is 11.5 Å². The molecule has 8 heteroatoms. The first kappa shape index (κ1) is 15.9. The standard InChI is InChI=1S/C18H17N5O3/c1-24-12-6-11(7-13(8-12)25-2)9-23-10-20-16-15(14-4-3-5-26-14)21-18(19)22-17(16)23/h3-8,10H,9H2,1-2H3,(H2,19,21,22). The van der Waals surface area contributed by atoms with Crippen molar-refractivity contribution in [2.45, 2.75) is 6.54 Å². The summed E-state index contributed by atoms with van der Waals surface area (Å²) in [4.78, 5) is 13.1. The fourth-order valence-electron chi connectivity index (χ4n) is 2.82. The Balaban J connectivity index is 1.79. The summed E-state index contributed by atoms with van der Waals surface area (Å²) < 4.78 is 18.0. The number of benzene rings is 1. The van der Waals surface area contributed by atoms with E-state index in [9.17, 15) is 0 Å². The number of nitrogen functional groups attached to an aromatic ring is 1. The molecule has 0 unspecified atom stereocenters. The minimum absolute atomic E-state index is 0.161. The molecule has 0 aliphatic carbocycles. The Morgan fingerprint density at radius 2 is 1.88 bits per heavy atom. The van der Waals surface area contributed by atoms with Crippen molar-refractivity contribution in [3.8, 4) is 23.0 Å². The highest BCUT2D eigenvalue weighted by molar-refractivity contribution is 5.86. The van der Waals surface area contributed by atoms with E-state index in [1.165, 1.54) is 0 Å². The van der Waals surface area contributed by atoms with E-state index in [0.29, 0.717) is 40.7 Å². The van der Waals surface area contributed by atoms with Crippen molar-refractivity contribution >= 4 is 17.1 Å². The molecule has 4 rings (SSSR count). The molecule has 3 heterocycles. The van der Waals surface area contributed by atoms with Crippen LogP contribution < -0.4 is 15.2 Å². The molecule has 0 atom stereocenters. The van der Waals surface area contributed by atoms with E-state index in [1.807, 2.05) is 28.8 Å². The number of fused-ring (bicyclic) bond motifs is 1. The van der Waals surface area contributed by atoms with E-state index in [2.05, 4.69) is 15.0 Å². The van der Waals surface area contributed by atoms with Crippen molar-refractivity contribution in [3.05, 3.63) is 48.5 Å². The monoisotopic (exact) mass is 351 g/mol. The first-order valence-corrected chi connectivity index (χ1v) is 7.92. The summed E-state index contributed by atoms with van der Waals surface area (Å²) in [5.74, 6) is 2.19. The van der Waals surface area contributed by atoms with Crippen LogP contribution in [0, 0.1) is 0 Å². The minimum atomic E-state index is 0.161. The molecule has 4 aromatic rings. The smallest absolute Gasteiger partial charge is 0.222 e. The van der Waals surface area contributed by atoms with Crippen LogP contribution in [0.2, 0.25) is 0 Å². The fourth-order valence-corrected chi connectivity index (χ4v) is 2.82. The molecule has 0 spiro atoms. The van der Waals surface area contributed by atoms with Crippen LogP contribution in [0.25, 0.3) is 22.6 Å². The number of imidazole rings is 1. The zero-order valence-electron chi connectivity index (χ0n) is 14.3. The topological polar surface area (TPSA) is 101 Å². The fraction of sp³-hybridized carbons (Fsp3) is 0.167. The van der Waals surface area contributed by atoms with Gasteiger partial charge in [0.15, 0.2) is 11.4 Å². The highest BCUT2D eigenvalue weighted by Crippen LogP contribution is 2.28. The molecule has 0 saturated heterocycles. The molecule has 0 saturated carbocycles. The summed E-state index contributed by atoms with van der Waals surface area (Å²) >= 11 is 0. The quantitative estimate of drug-likeness (QED) is 0.590. The Morgan fingerprint density at radius 3 is 2.54 bits per heavy atom. The third-order valence-electron chi connectivity index (χ3n) is 4.00. The largest absolute Gasteiger partial charge is 0.497 e. The van der Waals surface area contributed by atoms with Crippen LogP contribution >= 0.6 is 0 Å². The highest BCUT2D eigenvalue weighted by Gasteiger charge is 2.16. The van der Waals surface area contributed by atoms with Crippen LogP contribution in [0.1, 0.15) is 5.56 Å². The van der Waals surface area contributed by atoms with Gasteiger partial charge in [0, 0.05) is 6.07 Å². The molecule has 0 fully saturated rings. The Hall–Kier alpha value is -3.55. The van der Waals surface area contributed by atoms with Crippen LogP contribution in [0.3, 0.4) is 0 Å². The lowest BCUT2D eigenvalue weighted by atomic mass is 10.2. The van der Waals surface area contributed by atoms with Gasteiger partial charge < -0.3 is 24.2 Å². The van der Waals surface area contributed by atoms with E-state index in [1.54, 1.807) is 32.9 Å². The first-order valence-electron chi connectivity index (χ1n) is 7.92. The number of methoxy groups -OCH3 is 2. The van der Waals surface area contributed by atoms with Gasteiger partial charge in [0.1, 0.15) is 22.7 Å². The number of hydrogen-bond donors (Lipinski definition) is 1. The second kappa shape index (κ2) is 6.40. The van der Waals surface area contributed by atoms with Crippen molar-refractivity contribution in [2.75, 3.05) is 20.0 Å². The number of anilines is 1. The van der Waals surface area contributed by atoms with Gasteiger partial charge in [0.05, 0.1) is 33.4 Å². The minimum Gasteiger partial charge on any atom is -0.497 e. The van der Waals surface area contributed by atoms with Crippen LogP contribution in [-0.4, -0.2) is 33.7 Å². The normalized spacial score (nSPS) is 11.0. The number of rotatable bonds is 5. The van der Waals surface area contributed by atoms with Gasteiger partial charge in [-0.25, -0.2) is 9.97 Å². The van der Waals surface area contributed by atoms with Gasteiger partial charge in [-0.1, -0.05) is 0 Å². The predicted molar refractivity (Wildman–Crippen MR) is 96.1 cm³/mol. The summed E-state index contributed by atoms with van der Waals surface area (Å²) in [5.41, 5.74) is 8.71. The molecule has 0 aliphatic rings. The number of ether oxygens (including phenoxy) is 2. The molecular weight excluding hydrogens is 334 g/mol. The maximum atomic E-state index is 5.90. The van der Waals surface area contributed by atoms with Crippen LogP contribution in [0.4, 0.5) is 5.95 Å². The van der Waals surface area contributed by atoms with Gasteiger partial charge in [-0.15, -0.1) is 0 Å². The maximum Gasteiger partial charge on any atom is 0.222 e. The molecule has 8 nitrogen and oxygen atoms in total. The number of nitrogens with two attached hydrogens (primary N) is 1. The van der Waals surface area contributed by atoms with E-state index in [4.69, 9.17) is 19.6 Å². The van der Waals surface area contributed by atoms with Crippen LogP contribution in [-0.2, 0) is 6.54 Å². The third kappa shape index (κ3) is 2.81. The van der Waals surface area contributed by atoms with Gasteiger partial charge in [0.2, 0.25) is 5.95 Å². The lowest BCUT2D eigenvalue weighted by Crippen LogP contribution is -2.03. The molecule has 2 N–H and O–H groups in total. The zero-order valence-corrected chi connectivity index (χ0v) is 14.3. The van der Waals surface area contributed by atoms with Crippen molar-refractivity contribution in [3.63, 3.8) is 0 Å². The SMILES string of the molecule is COc1cc(Cn2cnc3c(-c4ccco4)nc(N)nc32)cc(OC)c1. The van der Waals surface area contributed by atoms with Crippen molar-refractivity contribution in [1.82, 2.24) is 19.5 Å². The summed E-state index contributed by atoms with van der Waals surface area (Å²) in [7, 11) is 3.24. The Kier molecular flexibility index (Phi) is 3.92. The molecule has 0 amide bonds. The molecule has 0 bridgehead atoms. The van der Waals surface area contributed by atoms with Crippen molar-refractivity contribution in [1.29, 1.82) is 0 Å². The molecule has 26 heavy (non-hydrogen) atoms.